The van der Waals surface area contributed by atoms with Crippen LogP contribution in [0.5, 0.6) is 0 Å². The Balaban J connectivity index is 1.34. The summed E-state index contributed by atoms with van der Waals surface area (Å²) in [5, 5.41) is 31.4. The average Bonchev–Trinajstić information content (AvgIpc) is 4.08. The topological polar surface area (TPSA) is 52.5 Å². The van der Waals surface area contributed by atoms with Crippen LogP contribution in [0.3, 0.4) is 0 Å². The zero-order valence-corrected chi connectivity index (χ0v) is 37.5. The molecule has 13 rings (SSSR count). The molecule has 0 radical (unpaired) electrons. The van der Waals surface area contributed by atoms with Crippen LogP contribution in [0.15, 0.2) is 212 Å². The molecule has 0 N–H and O–H groups in total. The number of thiophene rings is 2. The summed E-state index contributed by atoms with van der Waals surface area (Å²) in [7, 11) is 0. The molecule has 0 unspecified atom stereocenters. The summed E-state index contributed by atoms with van der Waals surface area (Å²) in [5.41, 5.74) is 12.5. The van der Waals surface area contributed by atoms with Crippen molar-refractivity contribution < 1.29 is 0 Å². The molecule has 67 heavy (non-hydrogen) atoms. The van der Waals surface area contributed by atoms with Crippen LogP contribution < -0.4 is 0 Å². The highest BCUT2D eigenvalue weighted by Gasteiger charge is 2.33. The van der Waals surface area contributed by atoms with E-state index in [1.54, 1.807) is 22.7 Å². The van der Waals surface area contributed by atoms with Crippen molar-refractivity contribution in [2.24, 2.45) is 0 Å². The van der Waals surface area contributed by atoms with E-state index in [1.165, 1.54) is 20.2 Å². The smallest absolute Gasteiger partial charge is 0.102 e. The Kier molecular flexibility index (Phi) is 9.01. The minimum atomic E-state index is 0.493. The molecule has 0 amide bonds. The third-order valence-corrected chi connectivity index (χ3v) is 15.7. The molecule has 13 aromatic rings. The van der Waals surface area contributed by atoms with Crippen LogP contribution in [0.1, 0.15) is 11.1 Å². The van der Waals surface area contributed by atoms with E-state index in [-0.39, 0.29) is 0 Å². The van der Waals surface area contributed by atoms with Gasteiger partial charge in [-0.25, -0.2) is 0 Å². The summed E-state index contributed by atoms with van der Waals surface area (Å²) in [6, 6.07) is 79.8. The van der Waals surface area contributed by atoms with Gasteiger partial charge in [-0.15, -0.1) is 22.7 Å². The molecule has 310 valence electrons. The second-order valence-corrected chi connectivity index (χ2v) is 19.0. The molecule has 0 aliphatic carbocycles. The lowest BCUT2D eigenvalue weighted by Gasteiger charge is -2.26. The fourth-order valence-corrected chi connectivity index (χ4v) is 13.0. The van der Waals surface area contributed by atoms with Gasteiger partial charge in [0, 0.05) is 58.4 Å². The van der Waals surface area contributed by atoms with Gasteiger partial charge < -0.3 is 4.57 Å². The van der Waals surface area contributed by atoms with Crippen molar-refractivity contribution in [1.29, 1.82) is 10.5 Å². The lowest BCUT2D eigenvalue weighted by atomic mass is 9.77. The van der Waals surface area contributed by atoms with E-state index in [1.807, 2.05) is 48.5 Å². The summed E-state index contributed by atoms with van der Waals surface area (Å²) in [4.78, 5) is 0. The largest absolute Gasteiger partial charge is 0.304 e. The van der Waals surface area contributed by atoms with E-state index in [0.29, 0.717) is 16.8 Å². The summed E-state index contributed by atoms with van der Waals surface area (Å²) < 4.78 is 7.05. The molecule has 0 saturated carbocycles. The van der Waals surface area contributed by atoms with Crippen LogP contribution in [-0.4, -0.2) is 4.57 Å². The van der Waals surface area contributed by atoms with E-state index < -0.39 is 0 Å². The highest BCUT2D eigenvalue weighted by molar-refractivity contribution is 7.27. The molecule has 3 aromatic heterocycles. The van der Waals surface area contributed by atoms with Crippen LogP contribution in [0, 0.1) is 22.7 Å². The molecule has 5 heteroatoms. The molecule has 0 atom stereocenters. The molecule has 0 aliphatic heterocycles. The number of nitriles is 2. The van der Waals surface area contributed by atoms with Crippen LogP contribution >= 0.6 is 22.7 Å². The predicted octanol–water partition coefficient (Wildman–Crippen LogP) is 17.6. The lowest BCUT2D eigenvalue weighted by molar-refractivity contribution is 1.18. The van der Waals surface area contributed by atoms with E-state index in [2.05, 4.69) is 180 Å². The Morgan fingerprint density at radius 3 is 1.18 bits per heavy atom. The summed E-state index contributed by atoms with van der Waals surface area (Å²) in [6.07, 6.45) is 0. The standard InChI is InChI=1S/C62H35N3S2/c63-36-50-54(40-22-9-3-10-23-40)57(56-42(38-18-5-1-6-19-38)28-17-29-43(56)39-20-7-2-8-21-39)51(37-64)58(55(50)41-24-11-4-12-25-41)65-59-46(32-34-48-44-26-13-15-30-52(44)66-61(48)59)47-33-35-49-45-27-14-16-31-53(45)67-62(49)60(47)65/h1-35H. The molecule has 0 fully saturated rings. The molecule has 10 aromatic carbocycles. The van der Waals surface area contributed by atoms with Gasteiger partial charge in [-0.1, -0.05) is 200 Å². The molecule has 3 heterocycles. The second-order valence-electron chi connectivity index (χ2n) is 16.8. The van der Waals surface area contributed by atoms with Crippen molar-refractivity contribution in [3.05, 3.63) is 223 Å². The lowest BCUT2D eigenvalue weighted by Crippen LogP contribution is -2.08. The van der Waals surface area contributed by atoms with Crippen molar-refractivity contribution in [3.8, 4) is 73.5 Å². The Morgan fingerprint density at radius 2 is 0.716 bits per heavy atom. The fraction of sp³-hybridized carbons (Fsp3) is 0. The molecular formula is C62H35N3S2. The van der Waals surface area contributed by atoms with Crippen molar-refractivity contribution >= 4 is 84.8 Å². The molecule has 0 spiro atoms. The number of hydrogen-bond acceptors (Lipinski definition) is 4. The quantitative estimate of drug-likeness (QED) is 0.167. The highest BCUT2D eigenvalue weighted by atomic mass is 32.1. The Labute approximate surface area is 394 Å². The minimum absolute atomic E-state index is 0.493. The van der Waals surface area contributed by atoms with Gasteiger partial charge in [-0.05, 0) is 51.1 Å². The summed E-state index contributed by atoms with van der Waals surface area (Å²) >= 11 is 3.57. The molecule has 0 saturated heterocycles. The monoisotopic (exact) mass is 885 g/mol. The summed E-state index contributed by atoms with van der Waals surface area (Å²) in [5.74, 6) is 0. The van der Waals surface area contributed by atoms with E-state index in [9.17, 15) is 10.5 Å². The van der Waals surface area contributed by atoms with E-state index >= 15 is 0 Å². The maximum Gasteiger partial charge on any atom is 0.102 e. The Morgan fingerprint density at radius 1 is 0.313 bits per heavy atom. The molecule has 0 bridgehead atoms. The number of benzene rings is 10. The van der Waals surface area contributed by atoms with E-state index in [0.717, 1.165) is 97.6 Å². The van der Waals surface area contributed by atoms with Gasteiger partial charge >= 0.3 is 0 Å². The van der Waals surface area contributed by atoms with Crippen molar-refractivity contribution in [3.63, 3.8) is 0 Å². The van der Waals surface area contributed by atoms with Gasteiger partial charge in [-0.2, -0.15) is 10.5 Å². The fourth-order valence-electron chi connectivity index (χ4n) is 10.5. The van der Waals surface area contributed by atoms with Gasteiger partial charge in [0.1, 0.15) is 12.1 Å². The van der Waals surface area contributed by atoms with Gasteiger partial charge in [0.25, 0.3) is 0 Å². The van der Waals surface area contributed by atoms with Gasteiger partial charge in [0.05, 0.1) is 37.2 Å². The first-order valence-electron chi connectivity index (χ1n) is 22.3. The maximum atomic E-state index is 12.4. The number of aromatic nitrogens is 1. The molecular weight excluding hydrogens is 851 g/mol. The first-order chi connectivity index (χ1) is 33.2. The van der Waals surface area contributed by atoms with Crippen molar-refractivity contribution in [2.45, 2.75) is 0 Å². The predicted molar refractivity (Wildman–Crippen MR) is 283 cm³/mol. The first-order valence-corrected chi connectivity index (χ1v) is 23.9. The minimum Gasteiger partial charge on any atom is -0.304 e. The average molecular weight is 886 g/mol. The number of fused-ring (bicyclic) bond motifs is 11. The SMILES string of the molecule is N#Cc1c(-c2ccccc2)c(-c2c(-c3ccccc3)cccc2-c2ccccc2)c(C#N)c(-n2c3c(ccc4c5ccccc5sc43)c3ccc4c5ccccc5sc4c32)c1-c1ccccc1. The molecule has 3 nitrogen and oxygen atoms in total. The number of hydrogen-bond donors (Lipinski definition) is 0. The highest BCUT2D eigenvalue weighted by Crippen LogP contribution is 2.54. The van der Waals surface area contributed by atoms with Crippen LogP contribution in [0.2, 0.25) is 0 Å². The van der Waals surface area contributed by atoms with Crippen LogP contribution in [0.4, 0.5) is 0 Å². The summed E-state index contributed by atoms with van der Waals surface area (Å²) in [6.45, 7) is 0. The normalized spacial score (nSPS) is 11.6. The first kappa shape index (κ1) is 38.8. The third kappa shape index (κ3) is 5.86. The van der Waals surface area contributed by atoms with E-state index in [4.69, 9.17) is 0 Å². The van der Waals surface area contributed by atoms with Crippen molar-refractivity contribution in [1.82, 2.24) is 4.57 Å². The number of rotatable bonds is 6. The van der Waals surface area contributed by atoms with Crippen LogP contribution in [0.25, 0.3) is 123 Å². The zero-order valence-electron chi connectivity index (χ0n) is 35.9. The number of nitrogens with zero attached hydrogens (tertiary/aromatic N) is 3. The van der Waals surface area contributed by atoms with Gasteiger partial charge in [0.2, 0.25) is 0 Å². The third-order valence-electron chi connectivity index (χ3n) is 13.3. The Hall–Kier alpha value is -8.58. The van der Waals surface area contributed by atoms with Gasteiger partial charge in [0.15, 0.2) is 0 Å². The van der Waals surface area contributed by atoms with Gasteiger partial charge in [-0.3, -0.25) is 0 Å². The van der Waals surface area contributed by atoms with Crippen LogP contribution in [-0.2, 0) is 0 Å². The van der Waals surface area contributed by atoms with Crippen molar-refractivity contribution in [2.75, 3.05) is 0 Å². The zero-order chi connectivity index (χ0) is 44.6. The Bertz CT molecular complexity index is 4020. The maximum absolute atomic E-state index is 12.4. The second kappa shape index (κ2) is 15.5. The molecule has 0 aliphatic rings.